The van der Waals surface area contributed by atoms with E-state index in [0.717, 1.165) is 16.5 Å². The van der Waals surface area contributed by atoms with Crippen LogP contribution in [0.25, 0.3) is 0 Å². The number of nitrogens with two attached hydrogens (primary N) is 1. The van der Waals surface area contributed by atoms with Gasteiger partial charge in [0.1, 0.15) is 17.7 Å². The first-order valence-corrected chi connectivity index (χ1v) is 7.74. The van der Waals surface area contributed by atoms with Crippen molar-refractivity contribution < 1.29 is 9.13 Å². The molecule has 4 heteroatoms. The van der Waals surface area contributed by atoms with E-state index in [1.54, 1.807) is 19.1 Å². The number of aryl methyl sites for hydroxylation is 1. The SMILES string of the molecule is CCC(N)C(Oc1ccc(F)c(C)c1)c1cccc(Br)c1. The van der Waals surface area contributed by atoms with Crippen LogP contribution in [-0.2, 0) is 0 Å². The quantitative estimate of drug-likeness (QED) is 0.843. The van der Waals surface area contributed by atoms with Crippen LogP contribution in [-0.4, -0.2) is 6.04 Å². The molecule has 2 rings (SSSR count). The molecule has 0 saturated heterocycles. The Hall–Kier alpha value is -1.39. The van der Waals surface area contributed by atoms with Crippen molar-refractivity contribution in [3.05, 3.63) is 63.9 Å². The summed E-state index contributed by atoms with van der Waals surface area (Å²) in [6, 6.07) is 12.5. The van der Waals surface area contributed by atoms with Crippen LogP contribution in [0, 0.1) is 12.7 Å². The summed E-state index contributed by atoms with van der Waals surface area (Å²) in [5.74, 6) is 0.393. The van der Waals surface area contributed by atoms with Crippen LogP contribution in [0.2, 0.25) is 0 Å². The highest BCUT2D eigenvalue weighted by Crippen LogP contribution is 2.28. The van der Waals surface area contributed by atoms with Gasteiger partial charge < -0.3 is 10.5 Å². The molecule has 2 nitrogen and oxygen atoms in total. The van der Waals surface area contributed by atoms with Gasteiger partial charge in [0.05, 0.1) is 0 Å². The maximum absolute atomic E-state index is 13.4. The van der Waals surface area contributed by atoms with Crippen LogP contribution in [0.1, 0.15) is 30.6 Å². The Morgan fingerprint density at radius 3 is 2.62 bits per heavy atom. The van der Waals surface area contributed by atoms with Crippen molar-refractivity contribution in [3.63, 3.8) is 0 Å². The summed E-state index contributed by atoms with van der Waals surface area (Å²) < 4.78 is 20.4. The van der Waals surface area contributed by atoms with E-state index < -0.39 is 0 Å². The van der Waals surface area contributed by atoms with E-state index in [2.05, 4.69) is 15.9 Å². The normalized spacial score (nSPS) is 13.8. The Labute approximate surface area is 133 Å². The molecule has 0 radical (unpaired) electrons. The minimum absolute atomic E-state index is 0.135. The summed E-state index contributed by atoms with van der Waals surface area (Å²) in [5.41, 5.74) is 7.76. The molecular weight excluding hydrogens is 333 g/mol. The van der Waals surface area contributed by atoms with Crippen molar-refractivity contribution in [2.24, 2.45) is 5.73 Å². The fourth-order valence-electron chi connectivity index (χ4n) is 2.14. The van der Waals surface area contributed by atoms with E-state index in [1.807, 2.05) is 31.2 Å². The minimum atomic E-state index is -0.266. The van der Waals surface area contributed by atoms with E-state index in [-0.39, 0.29) is 18.0 Å². The van der Waals surface area contributed by atoms with Gasteiger partial charge in [-0.05, 0) is 54.8 Å². The molecule has 21 heavy (non-hydrogen) atoms. The molecule has 0 fully saturated rings. The lowest BCUT2D eigenvalue weighted by molar-refractivity contribution is 0.170. The Morgan fingerprint density at radius 2 is 2.00 bits per heavy atom. The van der Waals surface area contributed by atoms with Crippen molar-refractivity contribution in [2.75, 3.05) is 0 Å². The molecule has 0 aliphatic carbocycles. The second-order valence-corrected chi connectivity index (χ2v) is 5.99. The predicted molar refractivity (Wildman–Crippen MR) is 86.9 cm³/mol. The highest BCUT2D eigenvalue weighted by atomic mass is 79.9. The summed E-state index contributed by atoms with van der Waals surface area (Å²) in [6.45, 7) is 3.74. The summed E-state index contributed by atoms with van der Waals surface area (Å²) in [6.07, 6.45) is 0.523. The van der Waals surface area contributed by atoms with Gasteiger partial charge in [-0.15, -0.1) is 0 Å². The Morgan fingerprint density at radius 1 is 1.24 bits per heavy atom. The van der Waals surface area contributed by atoms with Crippen molar-refractivity contribution in [1.29, 1.82) is 0 Å². The predicted octanol–water partition coefficient (Wildman–Crippen LogP) is 4.75. The molecule has 2 atom stereocenters. The summed E-state index contributed by atoms with van der Waals surface area (Å²) in [5, 5.41) is 0. The molecule has 0 heterocycles. The van der Waals surface area contributed by atoms with Crippen LogP contribution < -0.4 is 10.5 Å². The van der Waals surface area contributed by atoms with Gasteiger partial charge in [-0.2, -0.15) is 0 Å². The molecule has 0 saturated carbocycles. The van der Waals surface area contributed by atoms with Gasteiger partial charge in [0.15, 0.2) is 0 Å². The molecule has 0 aliphatic heterocycles. The maximum atomic E-state index is 13.4. The highest BCUT2D eigenvalue weighted by Gasteiger charge is 2.21. The Bertz CT molecular complexity index is 617. The first kappa shape index (κ1) is 16.0. The molecule has 2 N–H and O–H groups in total. The van der Waals surface area contributed by atoms with E-state index in [1.165, 1.54) is 6.07 Å². The number of hydrogen-bond donors (Lipinski definition) is 1. The Balaban J connectivity index is 2.30. The van der Waals surface area contributed by atoms with Crippen LogP contribution in [0.4, 0.5) is 4.39 Å². The lowest BCUT2D eigenvalue weighted by Crippen LogP contribution is -2.31. The second kappa shape index (κ2) is 7.05. The number of ether oxygens (including phenoxy) is 1. The smallest absolute Gasteiger partial charge is 0.139 e. The number of halogens is 2. The molecule has 0 amide bonds. The van der Waals surface area contributed by atoms with Gasteiger partial charge in [-0.25, -0.2) is 4.39 Å². The van der Waals surface area contributed by atoms with Crippen LogP contribution >= 0.6 is 15.9 Å². The Kier molecular flexibility index (Phi) is 5.37. The van der Waals surface area contributed by atoms with Crippen molar-refractivity contribution in [1.82, 2.24) is 0 Å². The first-order valence-electron chi connectivity index (χ1n) is 6.95. The van der Waals surface area contributed by atoms with Gasteiger partial charge in [0.25, 0.3) is 0 Å². The van der Waals surface area contributed by atoms with E-state index in [0.29, 0.717) is 11.3 Å². The van der Waals surface area contributed by atoms with E-state index in [4.69, 9.17) is 10.5 Å². The molecule has 112 valence electrons. The number of benzene rings is 2. The van der Waals surface area contributed by atoms with Gasteiger partial charge in [-0.3, -0.25) is 0 Å². The fraction of sp³-hybridized carbons (Fsp3) is 0.294. The highest BCUT2D eigenvalue weighted by molar-refractivity contribution is 9.10. The number of rotatable bonds is 5. The van der Waals surface area contributed by atoms with E-state index in [9.17, 15) is 4.39 Å². The molecular formula is C17H19BrFNO. The zero-order valence-electron chi connectivity index (χ0n) is 12.1. The lowest BCUT2D eigenvalue weighted by Gasteiger charge is -2.25. The minimum Gasteiger partial charge on any atom is -0.484 e. The maximum Gasteiger partial charge on any atom is 0.139 e. The third-order valence-corrected chi connectivity index (χ3v) is 3.92. The van der Waals surface area contributed by atoms with Crippen molar-refractivity contribution in [3.8, 4) is 5.75 Å². The molecule has 0 aliphatic rings. The zero-order valence-corrected chi connectivity index (χ0v) is 13.7. The molecule has 0 bridgehead atoms. The summed E-state index contributed by atoms with van der Waals surface area (Å²) in [7, 11) is 0. The topological polar surface area (TPSA) is 35.2 Å². The van der Waals surface area contributed by atoms with Crippen molar-refractivity contribution in [2.45, 2.75) is 32.4 Å². The van der Waals surface area contributed by atoms with Gasteiger partial charge >= 0.3 is 0 Å². The fourth-order valence-corrected chi connectivity index (χ4v) is 2.55. The third-order valence-electron chi connectivity index (χ3n) is 3.43. The summed E-state index contributed by atoms with van der Waals surface area (Å²) >= 11 is 3.46. The first-order chi connectivity index (χ1) is 10.0. The largest absolute Gasteiger partial charge is 0.484 e. The second-order valence-electron chi connectivity index (χ2n) is 5.08. The molecule has 2 unspecified atom stereocenters. The van der Waals surface area contributed by atoms with Gasteiger partial charge in [-0.1, -0.05) is 35.0 Å². The van der Waals surface area contributed by atoms with Gasteiger partial charge in [0.2, 0.25) is 0 Å². The lowest BCUT2D eigenvalue weighted by atomic mass is 10.0. The standard InChI is InChI=1S/C17H19BrFNO/c1-3-16(20)17(12-5-4-6-13(18)10-12)21-14-7-8-15(19)11(2)9-14/h4-10,16-17H,3,20H2,1-2H3. The molecule has 2 aromatic rings. The third kappa shape index (κ3) is 4.05. The zero-order chi connectivity index (χ0) is 15.4. The summed E-state index contributed by atoms with van der Waals surface area (Å²) in [4.78, 5) is 0. The number of hydrogen-bond acceptors (Lipinski definition) is 2. The van der Waals surface area contributed by atoms with Gasteiger partial charge in [0, 0.05) is 10.5 Å². The average molecular weight is 352 g/mol. The molecule has 0 aromatic heterocycles. The van der Waals surface area contributed by atoms with E-state index >= 15 is 0 Å². The molecule has 0 spiro atoms. The van der Waals surface area contributed by atoms with Crippen LogP contribution in [0.3, 0.4) is 0 Å². The molecule has 2 aromatic carbocycles. The van der Waals surface area contributed by atoms with Crippen LogP contribution in [0.5, 0.6) is 5.75 Å². The monoisotopic (exact) mass is 351 g/mol. The van der Waals surface area contributed by atoms with Crippen molar-refractivity contribution >= 4 is 15.9 Å². The average Bonchev–Trinajstić information content (AvgIpc) is 2.47. The van der Waals surface area contributed by atoms with Crippen LogP contribution in [0.15, 0.2) is 46.9 Å².